The van der Waals surface area contributed by atoms with Gasteiger partial charge in [-0.25, -0.2) is 0 Å². The van der Waals surface area contributed by atoms with Crippen LogP contribution in [-0.4, -0.2) is 30.5 Å². The predicted molar refractivity (Wildman–Crippen MR) is 107 cm³/mol. The zero-order valence-corrected chi connectivity index (χ0v) is 17.0. The Labute approximate surface area is 158 Å². The maximum absolute atomic E-state index is 6.17. The van der Waals surface area contributed by atoms with Gasteiger partial charge in [0.1, 0.15) is 0 Å². The Morgan fingerprint density at radius 1 is 1.27 bits per heavy atom. The number of nitrogens with zero attached hydrogens (tertiary/aromatic N) is 2. The van der Waals surface area contributed by atoms with Crippen molar-refractivity contribution in [3.63, 3.8) is 0 Å². The van der Waals surface area contributed by atoms with Gasteiger partial charge in [-0.1, -0.05) is 40.9 Å². The summed E-state index contributed by atoms with van der Waals surface area (Å²) in [6.45, 7) is 0.817. The molecule has 0 aromatic heterocycles. The van der Waals surface area contributed by atoms with Crippen LogP contribution in [0.4, 0.5) is 0 Å². The molecule has 0 heterocycles. The van der Waals surface area contributed by atoms with Gasteiger partial charge in [0.15, 0.2) is 5.96 Å². The Morgan fingerprint density at radius 3 is 2.41 bits per heavy atom. The molecule has 0 spiro atoms. The predicted octanol–water partition coefficient (Wildman–Crippen LogP) is 4.29. The number of rotatable bonds is 4. The van der Waals surface area contributed by atoms with Crippen LogP contribution >= 0.6 is 39.9 Å². The highest BCUT2D eigenvalue weighted by atomic mass is 127. The summed E-state index contributed by atoms with van der Waals surface area (Å²) in [7, 11) is 2.07. The van der Waals surface area contributed by atoms with Crippen molar-refractivity contribution in [2.45, 2.75) is 50.0 Å². The van der Waals surface area contributed by atoms with Gasteiger partial charge in [0.05, 0.1) is 6.54 Å². The molecule has 2 fully saturated rings. The van der Waals surface area contributed by atoms with Crippen LogP contribution in [0.15, 0.2) is 33.7 Å². The minimum absolute atomic E-state index is 0. The lowest BCUT2D eigenvalue weighted by Gasteiger charge is -2.29. The first-order valence-electron chi connectivity index (χ1n) is 7.90. The zero-order chi connectivity index (χ0) is 14.9. The number of hydrogen-bond acceptors (Lipinski definition) is 1. The zero-order valence-electron chi connectivity index (χ0n) is 13.1. The molecule has 0 bridgehead atoms. The Morgan fingerprint density at radius 2 is 1.86 bits per heavy atom. The first kappa shape index (κ1) is 18.0. The molecule has 0 radical (unpaired) electrons. The molecule has 0 amide bonds. The Hall–Kier alpha value is -0.300. The van der Waals surface area contributed by atoms with E-state index in [2.05, 4.69) is 52.1 Å². The molecule has 5 heteroatoms. The largest absolute Gasteiger partial charge is 0.370 e. The van der Waals surface area contributed by atoms with E-state index in [0.29, 0.717) is 12.0 Å². The van der Waals surface area contributed by atoms with E-state index in [9.17, 15) is 0 Å². The fraction of sp³-hybridized carbons (Fsp3) is 0.588. The normalized spacial score (nSPS) is 20.5. The molecule has 1 aromatic carbocycles. The third-order valence-corrected chi connectivity index (χ3v) is 5.55. The molecule has 2 aliphatic carbocycles. The number of guanidine groups is 1. The maximum atomic E-state index is 6.17. The van der Waals surface area contributed by atoms with Crippen LogP contribution in [0.1, 0.15) is 44.1 Å². The molecule has 3 nitrogen and oxygen atoms in total. The van der Waals surface area contributed by atoms with E-state index in [4.69, 9.17) is 10.7 Å². The quantitative estimate of drug-likeness (QED) is 0.399. The van der Waals surface area contributed by atoms with Crippen LogP contribution < -0.4 is 5.73 Å². The second-order valence-electron chi connectivity index (χ2n) is 6.51. The number of hydrogen-bond donors (Lipinski definition) is 1. The molecule has 22 heavy (non-hydrogen) atoms. The van der Waals surface area contributed by atoms with E-state index in [-0.39, 0.29) is 29.4 Å². The van der Waals surface area contributed by atoms with Gasteiger partial charge in [0.25, 0.3) is 0 Å². The summed E-state index contributed by atoms with van der Waals surface area (Å²) in [4.78, 5) is 6.89. The topological polar surface area (TPSA) is 41.6 Å². The summed E-state index contributed by atoms with van der Waals surface area (Å²) >= 11 is 3.52. The van der Waals surface area contributed by atoms with Gasteiger partial charge >= 0.3 is 0 Å². The van der Waals surface area contributed by atoms with Gasteiger partial charge in [-0.3, -0.25) is 4.99 Å². The summed E-state index contributed by atoms with van der Waals surface area (Å²) in [5.74, 6) is 0.709. The Balaban J connectivity index is 0.00000176. The molecule has 0 aliphatic heterocycles. The lowest BCUT2D eigenvalue weighted by molar-refractivity contribution is 0.441. The van der Waals surface area contributed by atoms with Crippen LogP contribution in [0.25, 0.3) is 0 Å². The van der Waals surface area contributed by atoms with E-state index in [0.717, 1.165) is 11.0 Å². The van der Waals surface area contributed by atoms with Crippen LogP contribution in [-0.2, 0) is 5.41 Å². The van der Waals surface area contributed by atoms with E-state index in [1.807, 2.05) is 0 Å². The highest BCUT2D eigenvalue weighted by Gasteiger charge is 2.36. The summed E-state index contributed by atoms with van der Waals surface area (Å²) in [5.41, 5.74) is 7.77. The highest BCUT2D eigenvalue weighted by molar-refractivity contribution is 14.0. The van der Waals surface area contributed by atoms with E-state index in [1.54, 1.807) is 0 Å². The van der Waals surface area contributed by atoms with Crippen LogP contribution in [0.2, 0.25) is 0 Å². The van der Waals surface area contributed by atoms with Crippen LogP contribution in [0, 0.1) is 0 Å². The number of halogens is 2. The Kier molecular flexibility index (Phi) is 6.16. The second kappa shape index (κ2) is 7.51. The molecule has 0 unspecified atom stereocenters. The van der Waals surface area contributed by atoms with Crippen LogP contribution in [0.3, 0.4) is 0 Å². The van der Waals surface area contributed by atoms with Crippen molar-refractivity contribution in [3.8, 4) is 0 Å². The fourth-order valence-electron chi connectivity index (χ4n) is 3.39. The fourth-order valence-corrected chi connectivity index (χ4v) is 3.65. The molecule has 2 saturated carbocycles. The first-order chi connectivity index (χ1) is 10.1. The van der Waals surface area contributed by atoms with Gasteiger partial charge in [0.2, 0.25) is 0 Å². The molecule has 2 N–H and O–H groups in total. The lowest BCUT2D eigenvalue weighted by Crippen LogP contribution is -2.37. The molecule has 3 rings (SSSR count). The lowest BCUT2D eigenvalue weighted by atomic mass is 9.79. The van der Waals surface area contributed by atoms with Crippen LogP contribution in [0.5, 0.6) is 0 Å². The van der Waals surface area contributed by atoms with Crippen molar-refractivity contribution < 1.29 is 0 Å². The summed E-state index contributed by atoms with van der Waals surface area (Å²) in [6, 6.07) is 9.38. The molecule has 1 aromatic rings. The summed E-state index contributed by atoms with van der Waals surface area (Å²) < 4.78 is 1.14. The first-order valence-corrected chi connectivity index (χ1v) is 8.69. The van der Waals surface area contributed by atoms with Crippen molar-refractivity contribution in [2.24, 2.45) is 10.7 Å². The maximum Gasteiger partial charge on any atom is 0.191 e. The summed E-state index contributed by atoms with van der Waals surface area (Å²) in [5, 5.41) is 0. The van der Waals surface area contributed by atoms with Gasteiger partial charge in [0, 0.05) is 23.0 Å². The van der Waals surface area contributed by atoms with E-state index < -0.39 is 0 Å². The third kappa shape index (κ3) is 3.96. The molecule has 2 aliphatic rings. The summed E-state index contributed by atoms with van der Waals surface area (Å²) in [6.07, 6.45) is 7.54. The Bertz CT molecular complexity index is 519. The smallest absolute Gasteiger partial charge is 0.191 e. The monoisotopic (exact) mass is 477 g/mol. The average molecular weight is 478 g/mol. The molecular formula is C17H25BrIN3. The SMILES string of the molecule is CN(C(N)=NCC1(c2ccc(Br)cc2)CCCC1)C1CC1.I. The third-order valence-electron chi connectivity index (χ3n) is 5.02. The number of aliphatic imine (C=N–C) groups is 1. The highest BCUT2D eigenvalue weighted by Crippen LogP contribution is 2.41. The van der Waals surface area contributed by atoms with Gasteiger partial charge < -0.3 is 10.6 Å². The van der Waals surface area contributed by atoms with Crippen molar-refractivity contribution in [2.75, 3.05) is 13.6 Å². The molecule has 0 saturated heterocycles. The van der Waals surface area contributed by atoms with Crippen molar-refractivity contribution >= 4 is 45.9 Å². The number of benzene rings is 1. The van der Waals surface area contributed by atoms with E-state index >= 15 is 0 Å². The molecule has 122 valence electrons. The van der Waals surface area contributed by atoms with Gasteiger partial charge in [-0.05, 0) is 43.4 Å². The average Bonchev–Trinajstić information content (AvgIpc) is 3.23. The van der Waals surface area contributed by atoms with Crippen molar-refractivity contribution in [3.05, 3.63) is 34.3 Å². The standard InChI is InChI=1S/C17H24BrN3.HI/c1-21(15-8-9-15)16(19)20-12-17(10-2-3-11-17)13-4-6-14(18)7-5-13;/h4-7,15H,2-3,8-12H2,1H3,(H2,19,20);1H. The minimum Gasteiger partial charge on any atom is -0.370 e. The van der Waals surface area contributed by atoms with Gasteiger partial charge in [-0.15, -0.1) is 24.0 Å². The number of nitrogens with two attached hydrogens (primary N) is 1. The molecule has 0 atom stereocenters. The second-order valence-corrected chi connectivity index (χ2v) is 7.43. The van der Waals surface area contributed by atoms with Gasteiger partial charge in [-0.2, -0.15) is 0 Å². The molecular weight excluding hydrogens is 453 g/mol. The van der Waals surface area contributed by atoms with E-state index in [1.165, 1.54) is 44.1 Å². The van der Waals surface area contributed by atoms with Crippen molar-refractivity contribution in [1.82, 2.24) is 4.90 Å². The van der Waals surface area contributed by atoms with Crippen molar-refractivity contribution in [1.29, 1.82) is 0 Å². The minimum atomic E-state index is 0.